The van der Waals surface area contributed by atoms with Gasteiger partial charge in [0.1, 0.15) is 18.3 Å². The molecule has 2 amide bonds. The van der Waals surface area contributed by atoms with Crippen LogP contribution < -0.4 is 14.4 Å². The molecule has 4 aromatic carbocycles. The van der Waals surface area contributed by atoms with E-state index in [4.69, 9.17) is 4.74 Å². The quantitative estimate of drug-likeness (QED) is 0.209. The molecule has 0 saturated heterocycles. The van der Waals surface area contributed by atoms with E-state index in [1.165, 1.54) is 4.90 Å². The van der Waals surface area contributed by atoms with Crippen molar-refractivity contribution in [2.24, 2.45) is 0 Å². The number of rotatable bonds is 13. The molecular weight excluding hydrogens is 586 g/mol. The van der Waals surface area contributed by atoms with Gasteiger partial charge in [0.05, 0.1) is 17.7 Å². The van der Waals surface area contributed by atoms with Crippen LogP contribution >= 0.6 is 0 Å². The number of methoxy groups -OCH3 is 1. The highest BCUT2D eigenvalue weighted by Crippen LogP contribution is 2.27. The Labute approximate surface area is 266 Å². The van der Waals surface area contributed by atoms with Crippen molar-refractivity contribution in [3.05, 3.63) is 125 Å². The van der Waals surface area contributed by atoms with E-state index in [0.717, 1.165) is 32.1 Å². The normalized spacial score (nSPS) is 11.8. The molecule has 0 saturated carbocycles. The molecule has 8 nitrogen and oxygen atoms in total. The summed E-state index contributed by atoms with van der Waals surface area (Å²) < 4.78 is 34.9. The minimum atomic E-state index is -4.16. The number of ether oxygens (including phenoxy) is 1. The Hall–Kier alpha value is -4.63. The van der Waals surface area contributed by atoms with Crippen LogP contribution in [0.25, 0.3) is 0 Å². The van der Waals surface area contributed by atoms with Gasteiger partial charge in [-0.05, 0) is 86.3 Å². The Balaban J connectivity index is 1.82. The fourth-order valence-corrected chi connectivity index (χ4v) is 6.47. The predicted octanol–water partition coefficient (Wildman–Crippen LogP) is 5.59. The van der Waals surface area contributed by atoms with Gasteiger partial charge in [-0.25, -0.2) is 8.42 Å². The lowest BCUT2D eigenvalue weighted by atomic mass is 10.0. The zero-order valence-electron chi connectivity index (χ0n) is 26.5. The van der Waals surface area contributed by atoms with Crippen LogP contribution in [0.4, 0.5) is 5.69 Å². The molecule has 0 heterocycles. The first kappa shape index (κ1) is 33.3. The van der Waals surface area contributed by atoms with E-state index >= 15 is 0 Å². The standard InChI is InChI=1S/C36H41N3O5S/c1-6-37-36(41)34(23-29-11-8-7-9-12-29)38(24-30-13-10-14-32(22-30)44-5)35(40)25-39(31-18-17-27(3)28(4)21-31)45(42,43)33-19-15-26(2)16-20-33/h7-22,34H,6,23-25H2,1-5H3,(H,37,41). The van der Waals surface area contributed by atoms with Gasteiger partial charge in [-0.3, -0.25) is 13.9 Å². The number of amides is 2. The van der Waals surface area contributed by atoms with Crippen LogP contribution in [-0.2, 0) is 32.6 Å². The minimum absolute atomic E-state index is 0.0655. The zero-order valence-corrected chi connectivity index (χ0v) is 27.3. The third-order valence-electron chi connectivity index (χ3n) is 7.78. The van der Waals surface area contributed by atoms with E-state index in [2.05, 4.69) is 5.32 Å². The number of likely N-dealkylation sites (N-methyl/N-ethyl adjacent to an activating group) is 1. The highest BCUT2D eigenvalue weighted by atomic mass is 32.2. The summed E-state index contributed by atoms with van der Waals surface area (Å²) in [7, 11) is -2.60. The first-order valence-electron chi connectivity index (χ1n) is 14.9. The lowest BCUT2D eigenvalue weighted by Crippen LogP contribution is -2.53. The number of carbonyl (C=O) groups is 2. The van der Waals surface area contributed by atoms with Crippen LogP contribution in [0.3, 0.4) is 0 Å². The lowest BCUT2D eigenvalue weighted by molar-refractivity contribution is -0.140. The number of hydrogen-bond donors (Lipinski definition) is 1. The molecule has 236 valence electrons. The Bertz CT molecular complexity index is 1720. The lowest BCUT2D eigenvalue weighted by Gasteiger charge is -2.34. The molecule has 0 aliphatic rings. The van der Waals surface area contributed by atoms with Crippen LogP contribution in [0.2, 0.25) is 0 Å². The number of benzene rings is 4. The summed E-state index contributed by atoms with van der Waals surface area (Å²) in [5.41, 5.74) is 4.78. The molecule has 1 atom stereocenters. The minimum Gasteiger partial charge on any atom is -0.497 e. The van der Waals surface area contributed by atoms with Crippen molar-refractivity contribution in [2.45, 2.75) is 51.6 Å². The smallest absolute Gasteiger partial charge is 0.264 e. The second-order valence-electron chi connectivity index (χ2n) is 11.1. The third-order valence-corrected chi connectivity index (χ3v) is 9.56. The molecule has 0 aliphatic carbocycles. The molecule has 1 N–H and O–H groups in total. The molecule has 0 spiro atoms. The van der Waals surface area contributed by atoms with Crippen LogP contribution in [0.15, 0.2) is 102 Å². The van der Waals surface area contributed by atoms with E-state index in [-0.39, 0.29) is 23.8 Å². The summed E-state index contributed by atoms with van der Waals surface area (Å²) in [6.45, 7) is 7.48. The van der Waals surface area contributed by atoms with Crippen molar-refractivity contribution in [3.8, 4) is 5.75 Å². The summed E-state index contributed by atoms with van der Waals surface area (Å²) in [5.74, 6) is -0.230. The maximum Gasteiger partial charge on any atom is 0.264 e. The first-order valence-corrected chi connectivity index (χ1v) is 16.4. The predicted molar refractivity (Wildman–Crippen MR) is 178 cm³/mol. The number of nitrogens with zero attached hydrogens (tertiary/aromatic N) is 2. The first-order chi connectivity index (χ1) is 21.5. The number of nitrogens with one attached hydrogen (secondary N) is 1. The van der Waals surface area contributed by atoms with Crippen molar-refractivity contribution in [3.63, 3.8) is 0 Å². The summed E-state index contributed by atoms with van der Waals surface area (Å²) in [4.78, 5) is 29.7. The molecule has 1 unspecified atom stereocenters. The van der Waals surface area contributed by atoms with Gasteiger partial charge in [0.2, 0.25) is 11.8 Å². The molecule has 0 bridgehead atoms. The SMILES string of the molecule is CCNC(=O)C(Cc1ccccc1)N(Cc1cccc(OC)c1)C(=O)CN(c1ccc(C)c(C)c1)S(=O)(=O)c1ccc(C)cc1. The van der Waals surface area contributed by atoms with Gasteiger partial charge in [0, 0.05) is 19.5 Å². The largest absolute Gasteiger partial charge is 0.497 e. The van der Waals surface area contributed by atoms with Gasteiger partial charge < -0.3 is 15.0 Å². The Morgan fingerprint density at radius 1 is 0.822 bits per heavy atom. The Morgan fingerprint density at radius 3 is 2.16 bits per heavy atom. The van der Waals surface area contributed by atoms with Crippen molar-refractivity contribution in [1.29, 1.82) is 0 Å². The van der Waals surface area contributed by atoms with E-state index in [9.17, 15) is 18.0 Å². The monoisotopic (exact) mass is 627 g/mol. The van der Waals surface area contributed by atoms with Gasteiger partial charge in [-0.1, -0.05) is 66.2 Å². The van der Waals surface area contributed by atoms with Crippen molar-refractivity contribution < 1.29 is 22.7 Å². The molecule has 0 aromatic heterocycles. The average Bonchev–Trinajstić information content (AvgIpc) is 3.03. The molecule has 45 heavy (non-hydrogen) atoms. The summed E-state index contributed by atoms with van der Waals surface area (Å²) in [6.07, 6.45) is 0.247. The molecule has 0 fully saturated rings. The average molecular weight is 628 g/mol. The van der Waals surface area contributed by atoms with Crippen LogP contribution in [0.1, 0.15) is 34.7 Å². The van der Waals surface area contributed by atoms with E-state index in [0.29, 0.717) is 18.0 Å². The summed E-state index contributed by atoms with van der Waals surface area (Å²) >= 11 is 0. The number of aryl methyl sites for hydroxylation is 3. The number of carbonyl (C=O) groups excluding carboxylic acids is 2. The topological polar surface area (TPSA) is 96.0 Å². The van der Waals surface area contributed by atoms with E-state index in [1.54, 1.807) is 49.6 Å². The fourth-order valence-electron chi connectivity index (χ4n) is 5.06. The third kappa shape index (κ3) is 8.30. The molecule has 4 rings (SSSR count). The number of sulfonamides is 1. The van der Waals surface area contributed by atoms with Crippen molar-refractivity contribution in [1.82, 2.24) is 10.2 Å². The van der Waals surface area contributed by atoms with Crippen LogP contribution in [-0.4, -0.2) is 51.4 Å². The molecule has 0 aliphatic heterocycles. The van der Waals surface area contributed by atoms with Gasteiger partial charge >= 0.3 is 0 Å². The maximum atomic E-state index is 14.5. The molecule has 4 aromatic rings. The second-order valence-corrected chi connectivity index (χ2v) is 12.9. The maximum absolute atomic E-state index is 14.5. The highest BCUT2D eigenvalue weighted by Gasteiger charge is 2.34. The molecule has 0 radical (unpaired) electrons. The van der Waals surface area contributed by atoms with Gasteiger partial charge in [-0.2, -0.15) is 0 Å². The van der Waals surface area contributed by atoms with Gasteiger partial charge in [0.15, 0.2) is 0 Å². The van der Waals surface area contributed by atoms with Gasteiger partial charge in [0.25, 0.3) is 10.0 Å². The number of hydrogen-bond acceptors (Lipinski definition) is 5. The van der Waals surface area contributed by atoms with Crippen LogP contribution in [0.5, 0.6) is 5.75 Å². The van der Waals surface area contributed by atoms with Gasteiger partial charge in [-0.15, -0.1) is 0 Å². The zero-order chi connectivity index (χ0) is 32.6. The van der Waals surface area contributed by atoms with Crippen molar-refractivity contribution in [2.75, 3.05) is 24.5 Å². The fraction of sp³-hybridized carbons (Fsp3) is 0.278. The summed E-state index contributed by atoms with van der Waals surface area (Å²) in [6, 6.07) is 27.7. The summed E-state index contributed by atoms with van der Waals surface area (Å²) in [5, 5.41) is 2.88. The van der Waals surface area contributed by atoms with Crippen LogP contribution in [0, 0.1) is 20.8 Å². The molecular formula is C36H41N3O5S. The highest BCUT2D eigenvalue weighted by molar-refractivity contribution is 7.92. The Morgan fingerprint density at radius 2 is 1.51 bits per heavy atom. The Kier molecular flexibility index (Phi) is 11.0. The number of anilines is 1. The second kappa shape index (κ2) is 14.9. The van der Waals surface area contributed by atoms with E-state index in [1.807, 2.05) is 82.3 Å². The van der Waals surface area contributed by atoms with Crippen molar-refractivity contribution >= 4 is 27.5 Å². The molecule has 9 heteroatoms. The van der Waals surface area contributed by atoms with E-state index < -0.39 is 28.5 Å².